The lowest BCUT2D eigenvalue weighted by atomic mass is 10.2. The van der Waals surface area contributed by atoms with E-state index in [0.717, 1.165) is 6.07 Å². The summed E-state index contributed by atoms with van der Waals surface area (Å²) in [5, 5.41) is 0. The number of anilines is 2. The van der Waals surface area contributed by atoms with Crippen LogP contribution >= 0.6 is 0 Å². The number of benzene rings is 2. The molecule has 0 saturated carbocycles. The first-order valence-electron chi connectivity index (χ1n) is 8.22. The number of rotatable bonds is 6. The third-order valence-electron chi connectivity index (χ3n) is 4.19. The van der Waals surface area contributed by atoms with Crippen LogP contribution in [0.4, 0.5) is 11.4 Å². The highest BCUT2D eigenvalue weighted by molar-refractivity contribution is 7.94. The van der Waals surface area contributed by atoms with Crippen molar-refractivity contribution in [3.8, 4) is 5.75 Å². The van der Waals surface area contributed by atoms with E-state index < -0.39 is 36.8 Å². The maximum atomic E-state index is 13.0. The van der Waals surface area contributed by atoms with E-state index >= 15 is 0 Å². The van der Waals surface area contributed by atoms with Gasteiger partial charge in [0.15, 0.2) is 0 Å². The molecule has 1 heterocycles. The van der Waals surface area contributed by atoms with Gasteiger partial charge in [-0.25, -0.2) is 21.1 Å². The molecule has 0 spiro atoms. The van der Waals surface area contributed by atoms with Crippen molar-refractivity contribution in [2.75, 3.05) is 21.9 Å². The summed E-state index contributed by atoms with van der Waals surface area (Å²) in [5.74, 6) is -1.94. The number of methoxy groups -OCH3 is 1. The summed E-state index contributed by atoms with van der Waals surface area (Å²) in [6.45, 7) is 0. The minimum atomic E-state index is -4.33. The van der Waals surface area contributed by atoms with Gasteiger partial charge in [-0.05, 0) is 30.3 Å². The number of hydrogen-bond acceptors (Lipinski definition) is 7. The monoisotopic (exact) mass is 439 g/mol. The fourth-order valence-corrected chi connectivity index (χ4v) is 5.58. The molecule has 2 aromatic carbocycles. The highest BCUT2D eigenvalue weighted by atomic mass is 32.2. The number of sulfonamides is 2. The SMILES string of the molecule is COc1ccc(N2C(=O)CCS2(=O)=O)cc1S(=O)(=O)Nc1ccccc1C(N)=O. The van der Waals surface area contributed by atoms with Crippen molar-refractivity contribution in [2.24, 2.45) is 5.73 Å². The summed E-state index contributed by atoms with van der Waals surface area (Å²) >= 11 is 0. The maximum absolute atomic E-state index is 13.0. The molecule has 0 aliphatic carbocycles. The summed E-state index contributed by atoms with van der Waals surface area (Å²) < 4.78 is 58.2. The topological polar surface area (TPSA) is 153 Å². The highest BCUT2D eigenvalue weighted by Crippen LogP contribution is 2.33. The number of para-hydroxylation sites is 1. The normalized spacial score (nSPS) is 15.9. The Labute approximate surface area is 167 Å². The molecule has 3 N–H and O–H groups in total. The molecule has 0 unspecified atom stereocenters. The number of hydrogen-bond donors (Lipinski definition) is 2. The van der Waals surface area contributed by atoms with Gasteiger partial charge in [0.2, 0.25) is 15.9 Å². The van der Waals surface area contributed by atoms with Crippen molar-refractivity contribution in [1.29, 1.82) is 0 Å². The Bertz CT molecular complexity index is 1210. The van der Waals surface area contributed by atoms with Crippen molar-refractivity contribution in [3.63, 3.8) is 0 Å². The van der Waals surface area contributed by atoms with E-state index in [1.807, 2.05) is 0 Å². The Morgan fingerprint density at radius 2 is 1.90 bits per heavy atom. The van der Waals surface area contributed by atoms with Crippen LogP contribution in [-0.4, -0.2) is 41.5 Å². The minimum absolute atomic E-state index is 0.0523. The van der Waals surface area contributed by atoms with Crippen molar-refractivity contribution in [3.05, 3.63) is 48.0 Å². The van der Waals surface area contributed by atoms with Crippen molar-refractivity contribution in [1.82, 2.24) is 0 Å². The van der Waals surface area contributed by atoms with Crippen LogP contribution in [0.5, 0.6) is 5.75 Å². The number of nitrogens with zero attached hydrogens (tertiary/aromatic N) is 1. The van der Waals surface area contributed by atoms with Gasteiger partial charge >= 0.3 is 0 Å². The standard InChI is InChI=1S/C17H17N3O7S2/c1-27-14-7-6-11(20-16(21)8-9-28(20,23)24)10-15(14)29(25,26)19-13-5-3-2-4-12(13)17(18)22/h2-7,10,19H,8-9H2,1H3,(H2,18,22). The van der Waals surface area contributed by atoms with Crippen LogP contribution in [0.1, 0.15) is 16.8 Å². The second-order valence-corrected chi connectivity index (χ2v) is 9.66. The summed E-state index contributed by atoms with van der Waals surface area (Å²) in [5.41, 5.74) is 5.03. The van der Waals surface area contributed by atoms with Crippen LogP contribution in [-0.2, 0) is 24.8 Å². The van der Waals surface area contributed by atoms with Gasteiger partial charge in [-0.2, -0.15) is 0 Å². The van der Waals surface area contributed by atoms with Crippen LogP contribution in [0.15, 0.2) is 47.4 Å². The number of carbonyl (C=O) groups is 2. The summed E-state index contributed by atoms with van der Waals surface area (Å²) in [6, 6.07) is 9.26. The van der Waals surface area contributed by atoms with E-state index in [-0.39, 0.29) is 34.9 Å². The molecule has 12 heteroatoms. The van der Waals surface area contributed by atoms with Gasteiger partial charge in [0.25, 0.3) is 15.9 Å². The number of nitrogens with two attached hydrogens (primary N) is 1. The number of amides is 2. The van der Waals surface area contributed by atoms with Crippen LogP contribution in [0, 0.1) is 0 Å². The van der Waals surface area contributed by atoms with Gasteiger partial charge in [0, 0.05) is 6.42 Å². The Morgan fingerprint density at radius 1 is 1.21 bits per heavy atom. The number of carbonyl (C=O) groups excluding carboxylic acids is 2. The molecule has 154 valence electrons. The Kier molecular flexibility index (Phi) is 5.24. The molecule has 0 radical (unpaired) electrons. The zero-order chi connectivity index (χ0) is 21.4. The third kappa shape index (κ3) is 3.89. The fraction of sp³-hybridized carbons (Fsp3) is 0.176. The molecule has 1 aliphatic rings. The fourth-order valence-electron chi connectivity index (χ4n) is 2.86. The average molecular weight is 439 g/mol. The maximum Gasteiger partial charge on any atom is 0.265 e. The highest BCUT2D eigenvalue weighted by Gasteiger charge is 2.37. The quantitative estimate of drug-likeness (QED) is 0.670. The van der Waals surface area contributed by atoms with E-state index in [2.05, 4.69) is 4.72 Å². The van der Waals surface area contributed by atoms with Gasteiger partial charge in [-0.15, -0.1) is 0 Å². The second-order valence-electron chi connectivity index (χ2n) is 6.07. The van der Waals surface area contributed by atoms with E-state index in [0.29, 0.717) is 4.31 Å². The molecular weight excluding hydrogens is 422 g/mol. The molecule has 0 atom stereocenters. The first-order chi connectivity index (χ1) is 13.6. The zero-order valence-corrected chi connectivity index (χ0v) is 16.8. The van der Waals surface area contributed by atoms with Gasteiger partial charge < -0.3 is 10.5 Å². The third-order valence-corrected chi connectivity index (χ3v) is 7.26. The van der Waals surface area contributed by atoms with Crippen LogP contribution in [0.25, 0.3) is 0 Å². The molecule has 10 nitrogen and oxygen atoms in total. The molecule has 1 fully saturated rings. The predicted molar refractivity (Wildman–Crippen MR) is 105 cm³/mol. The lowest BCUT2D eigenvalue weighted by Gasteiger charge is -2.18. The van der Waals surface area contributed by atoms with Crippen LogP contribution < -0.4 is 19.5 Å². The van der Waals surface area contributed by atoms with E-state index in [1.165, 1.54) is 43.5 Å². The minimum Gasteiger partial charge on any atom is -0.495 e. The first-order valence-corrected chi connectivity index (χ1v) is 11.3. The molecule has 0 aromatic heterocycles. The molecule has 1 aliphatic heterocycles. The summed E-state index contributed by atoms with van der Waals surface area (Å²) in [4.78, 5) is 23.2. The smallest absolute Gasteiger partial charge is 0.265 e. The van der Waals surface area contributed by atoms with Gasteiger partial charge in [-0.3, -0.25) is 14.3 Å². The van der Waals surface area contributed by atoms with E-state index in [4.69, 9.17) is 10.5 Å². The molecule has 3 rings (SSSR count). The van der Waals surface area contributed by atoms with Crippen molar-refractivity contribution < 1.29 is 31.2 Å². The van der Waals surface area contributed by atoms with E-state index in [9.17, 15) is 26.4 Å². The van der Waals surface area contributed by atoms with Gasteiger partial charge in [0.1, 0.15) is 10.6 Å². The van der Waals surface area contributed by atoms with Gasteiger partial charge in [-0.1, -0.05) is 12.1 Å². The number of ether oxygens (including phenoxy) is 1. The van der Waals surface area contributed by atoms with Gasteiger partial charge in [0.05, 0.1) is 29.8 Å². The molecule has 1 saturated heterocycles. The Morgan fingerprint density at radius 3 is 2.48 bits per heavy atom. The van der Waals surface area contributed by atoms with Crippen LogP contribution in [0.2, 0.25) is 0 Å². The summed E-state index contributed by atoms with van der Waals surface area (Å²) in [7, 11) is -6.98. The first kappa shape index (κ1) is 20.6. The Balaban J connectivity index is 2.10. The molecule has 2 amide bonds. The lowest BCUT2D eigenvalue weighted by molar-refractivity contribution is -0.116. The second kappa shape index (κ2) is 7.37. The van der Waals surface area contributed by atoms with Crippen molar-refractivity contribution >= 4 is 43.2 Å². The summed E-state index contributed by atoms with van der Waals surface area (Å²) in [6.07, 6.45) is -0.194. The molecule has 2 aromatic rings. The molecule has 29 heavy (non-hydrogen) atoms. The van der Waals surface area contributed by atoms with Crippen molar-refractivity contribution in [2.45, 2.75) is 11.3 Å². The Hall–Kier alpha value is -3.12. The van der Waals surface area contributed by atoms with E-state index in [1.54, 1.807) is 0 Å². The average Bonchev–Trinajstić information content (AvgIpc) is 2.93. The zero-order valence-electron chi connectivity index (χ0n) is 15.2. The number of primary amides is 1. The van der Waals surface area contributed by atoms with Crippen LogP contribution in [0.3, 0.4) is 0 Å². The lowest BCUT2D eigenvalue weighted by Crippen LogP contribution is -2.29. The molecular formula is C17H17N3O7S2. The number of nitrogens with one attached hydrogen (secondary N) is 1. The molecule has 0 bridgehead atoms. The predicted octanol–water partition coefficient (Wildman–Crippen LogP) is 0.661. The largest absolute Gasteiger partial charge is 0.495 e.